The van der Waals surface area contributed by atoms with E-state index in [1.54, 1.807) is 0 Å². The molecule has 2 aliphatic rings. The van der Waals surface area contributed by atoms with E-state index in [2.05, 4.69) is 75.4 Å². The first-order valence-corrected chi connectivity index (χ1v) is 8.87. The van der Waals surface area contributed by atoms with Gasteiger partial charge in [-0.3, -0.25) is 0 Å². The molecule has 2 aliphatic carbocycles. The largest absolute Gasteiger partial charge is 0.121 e. The van der Waals surface area contributed by atoms with Crippen molar-refractivity contribution in [3.8, 4) is 11.1 Å². The third kappa shape index (κ3) is 3.05. The van der Waals surface area contributed by atoms with Crippen molar-refractivity contribution in [2.45, 2.75) is 37.8 Å². The summed E-state index contributed by atoms with van der Waals surface area (Å²) in [6, 6.07) is 20.0. The summed E-state index contributed by atoms with van der Waals surface area (Å²) in [6.07, 6.45) is 1.08. The van der Waals surface area contributed by atoms with Gasteiger partial charge < -0.3 is 0 Å². The summed E-state index contributed by atoms with van der Waals surface area (Å²) < 4.78 is 0. The fraction of sp³-hybridized carbons (Fsp3) is 0.238. The van der Waals surface area contributed by atoms with Crippen LogP contribution in [0.2, 0.25) is 0 Å². The molecule has 0 aromatic heterocycles. The summed E-state index contributed by atoms with van der Waals surface area (Å²) in [5.74, 6) is 1.03. The first-order valence-electron chi connectivity index (χ1n) is 7.88. The molecule has 0 aliphatic heterocycles. The van der Waals surface area contributed by atoms with Gasteiger partial charge in [-0.25, -0.2) is 0 Å². The van der Waals surface area contributed by atoms with E-state index in [0.29, 0.717) is 0 Å². The van der Waals surface area contributed by atoms with Gasteiger partial charge in [-0.15, -0.1) is 11.8 Å². The summed E-state index contributed by atoms with van der Waals surface area (Å²) in [6.45, 7) is 6.68. The molecule has 0 fully saturated rings. The lowest BCUT2D eigenvalue weighted by atomic mass is 10.1. The van der Waals surface area contributed by atoms with Gasteiger partial charge in [0.2, 0.25) is 0 Å². The van der Waals surface area contributed by atoms with Crippen LogP contribution in [0.1, 0.15) is 29.2 Å². The highest BCUT2D eigenvalue weighted by atomic mass is 32.2. The highest BCUT2D eigenvalue weighted by molar-refractivity contribution is 7.98. The molecular formula is C21H22S. The Hall–Kier alpha value is -1.73. The zero-order chi connectivity index (χ0) is 15.5. The van der Waals surface area contributed by atoms with Crippen molar-refractivity contribution in [3.63, 3.8) is 0 Å². The molecule has 0 heterocycles. The summed E-state index contributed by atoms with van der Waals surface area (Å²) >= 11 is 1.95. The Balaban J connectivity index is 1.96. The Bertz CT molecular complexity index is 744. The topological polar surface area (TPSA) is 0 Å². The maximum atomic E-state index is 2.37. The molecule has 0 saturated heterocycles. The van der Waals surface area contributed by atoms with Crippen LogP contribution in [0, 0.1) is 13.8 Å². The minimum atomic E-state index is 1.03. The van der Waals surface area contributed by atoms with E-state index in [4.69, 9.17) is 0 Å². The van der Waals surface area contributed by atoms with Crippen molar-refractivity contribution in [1.82, 2.24) is 0 Å². The third-order valence-corrected chi connectivity index (χ3v) is 5.32. The van der Waals surface area contributed by atoms with Gasteiger partial charge in [0.05, 0.1) is 0 Å². The van der Waals surface area contributed by atoms with Crippen LogP contribution in [-0.2, 0) is 12.2 Å². The van der Waals surface area contributed by atoms with Gasteiger partial charge >= 0.3 is 0 Å². The number of hydrogen-bond acceptors (Lipinski definition) is 1. The normalized spacial score (nSPS) is 11.0. The van der Waals surface area contributed by atoms with Crippen molar-refractivity contribution in [2.75, 3.05) is 0 Å². The molecule has 0 bridgehead atoms. The number of aryl methyl sites for hydroxylation is 3. The SMILES string of the molecule is CCc1ccc(C)c2c(SCc3ccccc3)cc(C)c-2c1. The minimum absolute atomic E-state index is 1.03. The van der Waals surface area contributed by atoms with Crippen LogP contribution in [0.15, 0.2) is 59.5 Å². The molecule has 22 heavy (non-hydrogen) atoms. The monoisotopic (exact) mass is 306 g/mol. The molecular weight excluding hydrogens is 284 g/mol. The van der Waals surface area contributed by atoms with Crippen molar-refractivity contribution >= 4 is 11.8 Å². The minimum Gasteiger partial charge on any atom is -0.121 e. The molecule has 0 atom stereocenters. The molecule has 1 aromatic rings. The van der Waals surface area contributed by atoms with E-state index < -0.39 is 0 Å². The number of thioether (sulfide) groups is 1. The predicted octanol–water partition coefficient (Wildman–Crippen LogP) is 6.26. The number of rotatable bonds is 4. The predicted molar refractivity (Wildman–Crippen MR) is 97.9 cm³/mol. The van der Waals surface area contributed by atoms with E-state index >= 15 is 0 Å². The van der Waals surface area contributed by atoms with Gasteiger partial charge in [0.15, 0.2) is 0 Å². The zero-order valence-corrected chi connectivity index (χ0v) is 14.3. The first kappa shape index (κ1) is 15.2. The quantitative estimate of drug-likeness (QED) is 0.512. The average molecular weight is 306 g/mol. The molecule has 0 unspecified atom stereocenters. The second-order valence-electron chi connectivity index (χ2n) is 5.84. The molecule has 0 spiro atoms. The van der Waals surface area contributed by atoms with E-state index in [9.17, 15) is 0 Å². The second kappa shape index (κ2) is 6.58. The van der Waals surface area contributed by atoms with E-state index in [1.165, 1.54) is 38.3 Å². The molecule has 0 amide bonds. The summed E-state index contributed by atoms with van der Waals surface area (Å²) in [5, 5.41) is 0. The van der Waals surface area contributed by atoms with Gasteiger partial charge in [-0.2, -0.15) is 0 Å². The van der Waals surface area contributed by atoms with Crippen molar-refractivity contribution in [3.05, 3.63) is 76.9 Å². The standard InChI is InChI=1S/C21H22S/c1-4-17-11-10-15(2)21-19(13-17)16(3)12-20(21)22-14-18-8-6-5-7-9-18/h5-13H,4,14H2,1-3H3. The lowest BCUT2D eigenvalue weighted by Crippen LogP contribution is -1.81. The van der Waals surface area contributed by atoms with Gasteiger partial charge in [0, 0.05) is 10.6 Å². The first-order chi connectivity index (χ1) is 10.7. The number of fused-ring (bicyclic) bond motifs is 1. The van der Waals surface area contributed by atoms with Crippen LogP contribution in [0.25, 0.3) is 11.1 Å². The third-order valence-electron chi connectivity index (χ3n) is 4.21. The molecule has 0 saturated carbocycles. The fourth-order valence-electron chi connectivity index (χ4n) is 2.89. The zero-order valence-electron chi connectivity index (χ0n) is 13.5. The average Bonchev–Trinajstić information content (AvgIpc) is 2.74. The summed E-state index contributed by atoms with van der Waals surface area (Å²) in [7, 11) is 0. The van der Waals surface area contributed by atoms with Gasteiger partial charge in [0.1, 0.15) is 0 Å². The summed E-state index contributed by atoms with van der Waals surface area (Å²) in [4.78, 5) is 1.41. The smallest absolute Gasteiger partial charge is 0.0232 e. The molecule has 112 valence electrons. The van der Waals surface area contributed by atoms with E-state index in [0.717, 1.165) is 12.2 Å². The van der Waals surface area contributed by atoms with Gasteiger partial charge in [0.25, 0.3) is 0 Å². The second-order valence-corrected chi connectivity index (χ2v) is 6.86. The van der Waals surface area contributed by atoms with Crippen LogP contribution in [-0.4, -0.2) is 0 Å². The van der Waals surface area contributed by atoms with Crippen molar-refractivity contribution in [2.24, 2.45) is 0 Å². The van der Waals surface area contributed by atoms with Crippen LogP contribution in [0.4, 0.5) is 0 Å². The van der Waals surface area contributed by atoms with Crippen LogP contribution < -0.4 is 0 Å². The Labute approximate surface area is 137 Å². The van der Waals surface area contributed by atoms with Crippen molar-refractivity contribution < 1.29 is 0 Å². The Morgan fingerprint density at radius 2 is 1.59 bits per heavy atom. The number of hydrogen-bond donors (Lipinski definition) is 0. The lowest BCUT2D eigenvalue weighted by Gasteiger charge is -2.05. The number of benzene rings is 1. The van der Waals surface area contributed by atoms with Crippen LogP contribution in [0.5, 0.6) is 0 Å². The van der Waals surface area contributed by atoms with Gasteiger partial charge in [-0.1, -0.05) is 55.5 Å². The molecule has 1 aromatic carbocycles. The Morgan fingerprint density at radius 1 is 0.818 bits per heavy atom. The molecule has 0 radical (unpaired) electrons. The molecule has 0 nitrogen and oxygen atoms in total. The highest BCUT2D eigenvalue weighted by Gasteiger charge is 2.15. The summed E-state index contributed by atoms with van der Waals surface area (Å²) in [5.41, 5.74) is 8.39. The highest BCUT2D eigenvalue weighted by Crippen LogP contribution is 2.41. The molecule has 1 heteroatoms. The van der Waals surface area contributed by atoms with E-state index in [-0.39, 0.29) is 0 Å². The maximum absolute atomic E-state index is 2.37. The Kier molecular flexibility index (Phi) is 4.54. The van der Waals surface area contributed by atoms with Crippen molar-refractivity contribution in [1.29, 1.82) is 0 Å². The molecule has 3 rings (SSSR count). The van der Waals surface area contributed by atoms with Crippen LogP contribution >= 0.6 is 11.8 Å². The maximum Gasteiger partial charge on any atom is 0.0232 e. The van der Waals surface area contributed by atoms with Gasteiger partial charge in [-0.05, 0) is 59.7 Å². The lowest BCUT2D eigenvalue weighted by molar-refractivity contribution is 1.15. The Morgan fingerprint density at radius 3 is 2.32 bits per heavy atom. The molecule has 0 N–H and O–H groups in total. The van der Waals surface area contributed by atoms with Crippen LogP contribution in [0.3, 0.4) is 0 Å². The van der Waals surface area contributed by atoms with E-state index in [1.807, 2.05) is 11.8 Å². The fourth-order valence-corrected chi connectivity index (χ4v) is 4.08.